The molecule has 2 aromatic rings. The number of ether oxygens (including phenoxy) is 2. The first-order chi connectivity index (χ1) is 9.56. The van der Waals surface area contributed by atoms with Crippen LogP contribution in [0.3, 0.4) is 0 Å². The van der Waals surface area contributed by atoms with E-state index in [1.54, 1.807) is 14.2 Å². The molecule has 0 atom stereocenters. The van der Waals surface area contributed by atoms with E-state index < -0.39 is 0 Å². The van der Waals surface area contributed by atoms with E-state index in [2.05, 4.69) is 26.3 Å². The zero-order chi connectivity index (χ0) is 14.7. The summed E-state index contributed by atoms with van der Waals surface area (Å²) in [5.74, 6) is 1.42. The summed E-state index contributed by atoms with van der Waals surface area (Å²) < 4.78 is 13.4. The van der Waals surface area contributed by atoms with Crippen LogP contribution in [0.15, 0.2) is 22.7 Å². The third-order valence-electron chi connectivity index (χ3n) is 3.11. The Hall–Kier alpha value is -1.69. The number of hydrogen-bond donors (Lipinski definition) is 1. The van der Waals surface area contributed by atoms with E-state index in [1.165, 1.54) is 0 Å². The molecule has 2 rings (SSSR count). The number of methoxy groups -OCH3 is 2. The summed E-state index contributed by atoms with van der Waals surface area (Å²) in [5, 5.41) is 7.72. The Morgan fingerprint density at radius 3 is 2.50 bits per heavy atom. The van der Waals surface area contributed by atoms with Gasteiger partial charge >= 0.3 is 0 Å². The van der Waals surface area contributed by atoms with Crippen LogP contribution in [-0.4, -0.2) is 24.0 Å². The summed E-state index contributed by atoms with van der Waals surface area (Å²) in [6.07, 6.45) is 0. The third kappa shape index (κ3) is 2.90. The fraction of sp³-hybridized carbons (Fsp3) is 0.357. The highest BCUT2D eigenvalue weighted by Crippen LogP contribution is 2.30. The van der Waals surface area contributed by atoms with Gasteiger partial charge in [0, 0.05) is 18.8 Å². The lowest BCUT2D eigenvalue weighted by atomic mass is 10.2. The van der Waals surface area contributed by atoms with Crippen LogP contribution in [0.4, 0.5) is 5.69 Å². The maximum atomic E-state index is 5.29. The van der Waals surface area contributed by atoms with Crippen LogP contribution >= 0.6 is 15.9 Å². The molecule has 108 valence electrons. The number of aryl methyl sites for hydroxylation is 2. The molecule has 0 saturated heterocycles. The monoisotopic (exact) mass is 339 g/mol. The Bertz CT molecular complexity index is 611. The topological polar surface area (TPSA) is 48.3 Å². The van der Waals surface area contributed by atoms with Gasteiger partial charge in [-0.15, -0.1) is 0 Å². The van der Waals surface area contributed by atoms with Gasteiger partial charge < -0.3 is 14.8 Å². The summed E-state index contributed by atoms with van der Waals surface area (Å²) in [6, 6.07) is 5.75. The van der Waals surface area contributed by atoms with Crippen molar-refractivity contribution in [2.24, 2.45) is 7.05 Å². The molecule has 0 bridgehead atoms. The normalized spacial score (nSPS) is 10.4. The minimum absolute atomic E-state index is 0.674. The summed E-state index contributed by atoms with van der Waals surface area (Å²) >= 11 is 3.56. The Balaban J connectivity index is 2.15. The highest BCUT2D eigenvalue weighted by molar-refractivity contribution is 9.10. The minimum Gasteiger partial charge on any atom is -0.493 e. The zero-order valence-electron chi connectivity index (χ0n) is 12.0. The number of hydrogen-bond acceptors (Lipinski definition) is 4. The van der Waals surface area contributed by atoms with E-state index in [0.29, 0.717) is 12.3 Å². The first-order valence-corrected chi connectivity index (χ1v) is 7.00. The molecule has 0 saturated carbocycles. The average Bonchev–Trinajstić information content (AvgIpc) is 2.70. The first-order valence-electron chi connectivity index (χ1n) is 6.20. The molecular formula is C14H18BrN3O2. The quantitative estimate of drug-likeness (QED) is 0.909. The molecule has 0 radical (unpaired) electrons. The Morgan fingerprint density at radius 2 is 1.95 bits per heavy atom. The van der Waals surface area contributed by atoms with Crippen LogP contribution in [0, 0.1) is 6.92 Å². The largest absolute Gasteiger partial charge is 0.493 e. The van der Waals surface area contributed by atoms with Crippen molar-refractivity contribution in [3.05, 3.63) is 34.1 Å². The highest BCUT2D eigenvalue weighted by atomic mass is 79.9. The van der Waals surface area contributed by atoms with Crippen molar-refractivity contribution in [3.8, 4) is 11.5 Å². The van der Waals surface area contributed by atoms with Crippen LogP contribution in [0.5, 0.6) is 11.5 Å². The van der Waals surface area contributed by atoms with Crippen LogP contribution in [0.2, 0.25) is 0 Å². The fourth-order valence-corrected chi connectivity index (χ4v) is 2.48. The maximum Gasteiger partial charge on any atom is 0.162 e. The van der Waals surface area contributed by atoms with Crippen molar-refractivity contribution in [2.45, 2.75) is 13.5 Å². The fourth-order valence-electron chi connectivity index (χ4n) is 2.00. The van der Waals surface area contributed by atoms with Crippen molar-refractivity contribution in [1.29, 1.82) is 0 Å². The van der Waals surface area contributed by atoms with Crippen molar-refractivity contribution in [2.75, 3.05) is 19.5 Å². The number of benzene rings is 1. The first kappa shape index (κ1) is 14.7. The van der Waals surface area contributed by atoms with Gasteiger partial charge in [-0.2, -0.15) is 5.10 Å². The molecule has 0 aliphatic heterocycles. The van der Waals surface area contributed by atoms with E-state index in [1.807, 2.05) is 36.9 Å². The molecule has 0 spiro atoms. The second-order valence-electron chi connectivity index (χ2n) is 4.39. The Morgan fingerprint density at radius 1 is 1.25 bits per heavy atom. The Labute approximate surface area is 127 Å². The van der Waals surface area contributed by atoms with E-state index in [-0.39, 0.29) is 0 Å². The number of rotatable bonds is 5. The van der Waals surface area contributed by atoms with Crippen molar-refractivity contribution in [3.63, 3.8) is 0 Å². The van der Waals surface area contributed by atoms with Gasteiger partial charge in [0.25, 0.3) is 0 Å². The average molecular weight is 340 g/mol. The lowest BCUT2D eigenvalue weighted by Gasteiger charge is -2.11. The van der Waals surface area contributed by atoms with E-state index in [4.69, 9.17) is 9.47 Å². The van der Waals surface area contributed by atoms with E-state index in [9.17, 15) is 0 Å². The molecule has 0 amide bonds. The van der Waals surface area contributed by atoms with Gasteiger partial charge in [0.1, 0.15) is 0 Å². The van der Waals surface area contributed by atoms with Gasteiger partial charge in [0.2, 0.25) is 0 Å². The molecule has 1 heterocycles. The second-order valence-corrected chi connectivity index (χ2v) is 5.19. The molecule has 6 heteroatoms. The minimum atomic E-state index is 0.674. The SMILES string of the molecule is COc1ccc(NCc2c(Br)c(C)nn2C)cc1OC. The van der Waals surface area contributed by atoms with E-state index >= 15 is 0 Å². The van der Waals surface area contributed by atoms with E-state index in [0.717, 1.165) is 27.3 Å². The van der Waals surface area contributed by atoms with Gasteiger partial charge in [-0.3, -0.25) is 4.68 Å². The van der Waals surface area contributed by atoms with Gasteiger partial charge in [-0.05, 0) is 35.0 Å². The molecule has 1 aromatic carbocycles. The van der Waals surface area contributed by atoms with Crippen LogP contribution < -0.4 is 14.8 Å². The van der Waals surface area contributed by atoms with Crippen LogP contribution in [0.25, 0.3) is 0 Å². The number of anilines is 1. The van der Waals surface area contributed by atoms with Crippen molar-refractivity contribution in [1.82, 2.24) is 9.78 Å². The summed E-state index contributed by atoms with van der Waals surface area (Å²) in [5.41, 5.74) is 3.04. The molecule has 20 heavy (non-hydrogen) atoms. The predicted octanol–water partition coefficient (Wildman–Crippen LogP) is 3.12. The molecule has 1 N–H and O–H groups in total. The molecular weight excluding hydrogens is 322 g/mol. The maximum absolute atomic E-state index is 5.29. The second kappa shape index (κ2) is 6.17. The standard InChI is InChI=1S/C14H18BrN3O2/c1-9-14(15)11(18(2)17-9)8-16-10-5-6-12(19-3)13(7-10)20-4/h5-7,16H,8H2,1-4H3. The van der Waals surface area contributed by atoms with Gasteiger partial charge in [-0.1, -0.05) is 0 Å². The smallest absolute Gasteiger partial charge is 0.162 e. The summed E-state index contributed by atoms with van der Waals surface area (Å²) in [6.45, 7) is 2.65. The van der Waals surface area contributed by atoms with Gasteiger partial charge in [0.15, 0.2) is 11.5 Å². The lowest BCUT2D eigenvalue weighted by Crippen LogP contribution is -2.06. The van der Waals surface area contributed by atoms with Gasteiger partial charge in [0.05, 0.1) is 36.6 Å². The van der Waals surface area contributed by atoms with Gasteiger partial charge in [-0.25, -0.2) is 0 Å². The molecule has 0 fully saturated rings. The number of nitrogens with zero attached hydrogens (tertiary/aromatic N) is 2. The van der Waals surface area contributed by atoms with Crippen LogP contribution in [0.1, 0.15) is 11.4 Å². The number of nitrogens with one attached hydrogen (secondary N) is 1. The molecule has 0 unspecified atom stereocenters. The third-order valence-corrected chi connectivity index (χ3v) is 4.14. The number of aromatic nitrogens is 2. The summed E-state index contributed by atoms with van der Waals surface area (Å²) in [7, 11) is 5.19. The molecule has 5 nitrogen and oxygen atoms in total. The Kier molecular flexibility index (Phi) is 4.54. The lowest BCUT2D eigenvalue weighted by molar-refractivity contribution is 0.355. The van der Waals surface area contributed by atoms with Crippen LogP contribution in [-0.2, 0) is 13.6 Å². The molecule has 1 aromatic heterocycles. The predicted molar refractivity (Wildman–Crippen MR) is 82.5 cm³/mol. The highest BCUT2D eigenvalue weighted by Gasteiger charge is 2.11. The number of halogens is 1. The van der Waals surface area contributed by atoms with Crippen molar-refractivity contribution < 1.29 is 9.47 Å². The summed E-state index contributed by atoms with van der Waals surface area (Å²) in [4.78, 5) is 0. The molecule has 0 aliphatic rings. The zero-order valence-corrected chi connectivity index (χ0v) is 13.6. The van der Waals surface area contributed by atoms with Crippen molar-refractivity contribution >= 4 is 21.6 Å². The molecule has 0 aliphatic carbocycles.